The molecular formula is C26H22FNO4. The van der Waals surface area contributed by atoms with E-state index in [9.17, 15) is 19.1 Å². The number of rotatable bonds is 4. The first-order valence-corrected chi connectivity index (χ1v) is 10.1. The summed E-state index contributed by atoms with van der Waals surface area (Å²) < 4.78 is 19.3. The first-order chi connectivity index (χ1) is 15.3. The number of halogens is 1. The van der Waals surface area contributed by atoms with Crippen molar-refractivity contribution in [3.63, 3.8) is 0 Å². The number of aliphatic hydroxyl groups excluding tert-OH is 1. The number of nitrogens with zero attached hydrogens (tertiary/aromatic N) is 1. The van der Waals surface area contributed by atoms with E-state index in [-0.39, 0.29) is 16.9 Å². The normalized spacial score (nSPS) is 17.6. The third-order valence-corrected chi connectivity index (χ3v) is 5.72. The fourth-order valence-electron chi connectivity index (χ4n) is 4.11. The molecule has 1 N–H and O–H groups in total. The van der Waals surface area contributed by atoms with Gasteiger partial charge in [0.1, 0.15) is 17.3 Å². The molecule has 4 rings (SSSR count). The number of hydrogen-bond acceptors (Lipinski definition) is 4. The molecule has 1 heterocycles. The Kier molecular flexibility index (Phi) is 5.53. The minimum Gasteiger partial charge on any atom is -0.507 e. The maximum absolute atomic E-state index is 14.0. The Labute approximate surface area is 185 Å². The predicted octanol–water partition coefficient (Wildman–Crippen LogP) is 5.08. The summed E-state index contributed by atoms with van der Waals surface area (Å²) in [5.41, 5.74) is 2.79. The zero-order valence-corrected chi connectivity index (χ0v) is 17.9. The molecule has 162 valence electrons. The summed E-state index contributed by atoms with van der Waals surface area (Å²) >= 11 is 0. The average Bonchev–Trinajstić information content (AvgIpc) is 3.04. The van der Waals surface area contributed by atoms with Gasteiger partial charge in [-0.2, -0.15) is 0 Å². The van der Waals surface area contributed by atoms with Crippen LogP contribution in [0.4, 0.5) is 10.1 Å². The van der Waals surface area contributed by atoms with Gasteiger partial charge in [-0.15, -0.1) is 0 Å². The van der Waals surface area contributed by atoms with Crippen molar-refractivity contribution in [2.24, 2.45) is 0 Å². The summed E-state index contributed by atoms with van der Waals surface area (Å²) in [5.74, 6) is -2.50. The molecule has 3 aromatic carbocycles. The average molecular weight is 431 g/mol. The standard InChI is InChI=1S/C26H22FNO4/c1-15-8-4-6-10-18(15)23-22(24(29)19-14-17(27)12-13-21(19)32-3)25(30)26(31)28(23)20-11-7-5-9-16(20)2/h4-14,23,29H,1-3H3/b24-22+. The molecular weight excluding hydrogens is 409 g/mol. The molecule has 3 aromatic rings. The van der Waals surface area contributed by atoms with Crippen LogP contribution in [-0.2, 0) is 9.59 Å². The van der Waals surface area contributed by atoms with Gasteiger partial charge < -0.3 is 9.84 Å². The molecule has 0 aromatic heterocycles. The van der Waals surface area contributed by atoms with Crippen LogP contribution in [0.2, 0.25) is 0 Å². The fourth-order valence-corrected chi connectivity index (χ4v) is 4.11. The predicted molar refractivity (Wildman–Crippen MR) is 120 cm³/mol. The lowest BCUT2D eigenvalue weighted by Crippen LogP contribution is -2.30. The Morgan fingerprint density at radius 2 is 1.62 bits per heavy atom. The molecule has 5 nitrogen and oxygen atoms in total. The van der Waals surface area contributed by atoms with E-state index in [0.29, 0.717) is 11.3 Å². The van der Waals surface area contributed by atoms with Crippen LogP contribution in [0.15, 0.2) is 72.3 Å². The monoisotopic (exact) mass is 431 g/mol. The van der Waals surface area contributed by atoms with Crippen molar-refractivity contribution in [2.75, 3.05) is 12.0 Å². The summed E-state index contributed by atoms with van der Waals surface area (Å²) in [5, 5.41) is 11.2. The SMILES string of the molecule is COc1ccc(F)cc1/C(O)=C1\C(=O)C(=O)N(c2ccccc2C)C1c1ccccc1C. The van der Waals surface area contributed by atoms with Gasteiger partial charge in [0.25, 0.3) is 11.7 Å². The molecule has 1 aliphatic rings. The number of methoxy groups -OCH3 is 1. The van der Waals surface area contributed by atoms with Gasteiger partial charge in [-0.1, -0.05) is 42.5 Å². The number of carbonyl (C=O) groups is 2. The van der Waals surface area contributed by atoms with Gasteiger partial charge in [0.05, 0.1) is 24.3 Å². The first-order valence-electron chi connectivity index (χ1n) is 10.1. The maximum Gasteiger partial charge on any atom is 0.300 e. The van der Waals surface area contributed by atoms with Crippen LogP contribution in [0.25, 0.3) is 5.76 Å². The van der Waals surface area contributed by atoms with Crippen LogP contribution < -0.4 is 9.64 Å². The molecule has 1 atom stereocenters. The number of aliphatic hydroxyl groups is 1. The largest absolute Gasteiger partial charge is 0.507 e. The lowest BCUT2D eigenvalue weighted by Gasteiger charge is -2.28. The Hall–Kier alpha value is -3.93. The van der Waals surface area contributed by atoms with Crippen molar-refractivity contribution < 1.29 is 23.8 Å². The third-order valence-electron chi connectivity index (χ3n) is 5.72. The van der Waals surface area contributed by atoms with E-state index in [2.05, 4.69) is 0 Å². The Morgan fingerprint density at radius 1 is 0.969 bits per heavy atom. The topological polar surface area (TPSA) is 66.8 Å². The number of hydrogen-bond donors (Lipinski definition) is 1. The molecule has 0 aliphatic carbocycles. The van der Waals surface area contributed by atoms with Crippen LogP contribution in [0, 0.1) is 19.7 Å². The van der Waals surface area contributed by atoms with Crippen molar-refractivity contribution in [1.82, 2.24) is 0 Å². The van der Waals surface area contributed by atoms with E-state index in [1.165, 1.54) is 24.1 Å². The third kappa shape index (κ3) is 3.43. The maximum atomic E-state index is 14.0. The molecule has 1 amide bonds. The number of benzene rings is 3. The number of amides is 1. The molecule has 1 fully saturated rings. The lowest BCUT2D eigenvalue weighted by atomic mass is 9.92. The summed E-state index contributed by atoms with van der Waals surface area (Å²) in [4.78, 5) is 27.9. The lowest BCUT2D eigenvalue weighted by molar-refractivity contribution is -0.132. The summed E-state index contributed by atoms with van der Waals surface area (Å²) in [7, 11) is 1.38. The van der Waals surface area contributed by atoms with Crippen LogP contribution in [-0.4, -0.2) is 23.9 Å². The molecule has 32 heavy (non-hydrogen) atoms. The highest BCUT2D eigenvalue weighted by molar-refractivity contribution is 6.51. The number of carbonyl (C=O) groups excluding carboxylic acids is 2. The molecule has 0 radical (unpaired) electrons. The second-order valence-corrected chi connectivity index (χ2v) is 7.66. The number of anilines is 1. The summed E-state index contributed by atoms with van der Waals surface area (Å²) in [6.07, 6.45) is 0. The van der Waals surface area contributed by atoms with Crippen LogP contribution >= 0.6 is 0 Å². The number of aryl methyl sites for hydroxylation is 2. The second kappa shape index (κ2) is 8.30. The molecule has 1 aliphatic heterocycles. The van der Waals surface area contributed by atoms with Crippen molar-refractivity contribution in [3.05, 3.63) is 100 Å². The van der Waals surface area contributed by atoms with Gasteiger partial charge in [-0.05, 0) is 54.8 Å². The van der Waals surface area contributed by atoms with Crippen LogP contribution in [0.5, 0.6) is 5.75 Å². The summed E-state index contributed by atoms with van der Waals surface area (Å²) in [6.45, 7) is 3.72. The molecule has 1 unspecified atom stereocenters. The van der Waals surface area contributed by atoms with Crippen LogP contribution in [0.3, 0.4) is 0 Å². The Bertz CT molecular complexity index is 1260. The molecule has 1 saturated heterocycles. The van der Waals surface area contributed by atoms with Gasteiger partial charge in [-0.3, -0.25) is 14.5 Å². The van der Waals surface area contributed by atoms with Crippen molar-refractivity contribution in [3.8, 4) is 5.75 Å². The first kappa shape index (κ1) is 21.3. The zero-order chi connectivity index (χ0) is 23.0. The van der Waals surface area contributed by atoms with E-state index in [1.807, 2.05) is 50.2 Å². The van der Waals surface area contributed by atoms with Crippen LogP contribution in [0.1, 0.15) is 28.3 Å². The van der Waals surface area contributed by atoms with Gasteiger partial charge in [0, 0.05) is 5.69 Å². The quantitative estimate of drug-likeness (QED) is 0.356. The van der Waals surface area contributed by atoms with E-state index in [4.69, 9.17) is 4.74 Å². The van der Waals surface area contributed by atoms with E-state index in [1.54, 1.807) is 12.1 Å². The zero-order valence-electron chi connectivity index (χ0n) is 17.9. The molecule has 0 spiro atoms. The van der Waals surface area contributed by atoms with Crippen molar-refractivity contribution in [2.45, 2.75) is 19.9 Å². The van der Waals surface area contributed by atoms with Gasteiger partial charge in [-0.25, -0.2) is 4.39 Å². The number of Topliss-reactive ketones (excluding diaryl/α,β-unsaturated/α-hetero) is 1. The number of ketones is 1. The highest BCUT2D eigenvalue weighted by Crippen LogP contribution is 2.44. The number of para-hydroxylation sites is 1. The molecule has 0 saturated carbocycles. The summed E-state index contributed by atoms with van der Waals surface area (Å²) in [6, 6.07) is 17.3. The minimum atomic E-state index is -0.884. The molecule has 6 heteroatoms. The van der Waals surface area contributed by atoms with E-state index >= 15 is 0 Å². The Balaban J connectivity index is 2.04. The van der Waals surface area contributed by atoms with Gasteiger partial charge in [0.2, 0.25) is 0 Å². The molecule has 0 bridgehead atoms. The van der Waals surface area contributed by atoms with Gasteiger partial charge in [0.15, 0.2) is 0 Å². The number of ether oxygens (including phenoxy) is 1. The van der Waals surface area contributed by atoms with E-state index in [0.717, 1.165) is 17.2 Å². The second-order valence-electron chi connectivity index (χ2n) is 7.66. The smallest absolute Gasteiger partial charge is 0.300 e. The van der Waals surface area contributed by atoms with Crippen molar-refractivity contribution in [1.29, 1.82) is 0 Å². The highest BCUT2D eigenvalue weighted by Gasteiger charge is 2.47. The Morgan fingerprint density at radius 3 is 2.28 bits per heavy atom. The van der Waals surface area contributed by atoms with Gasteiger partial charge >= 0.3 is 0 Å². The fraction of sp³-hybridized carbons (Fsp3) is 0.154. The minimum absolute atomic E-state index is 0.00821. The van der Waals surface area contributed by atoms with E-state index < -0.39 is 29.3 Å². The van der Waals surface area contributed by atoms with Crippen molar-refractivity contribution >= 4 is 23.1 Å². The highest BCUT2D eigenvalue weighted by atomic mass is 19.1.